The maximum Gasteiger partial charge on any atom is 0.430 e. The Kier molecular flexibility index (Phi) is 6.06. The molecule has 198 valence electrons. The van der Waals surface area contributed by atoms with Crippen LogP contribution in [-0.2, 0) is 16.6 Å². The van der Waals surface area contributed by atoms with Crippen molar-refractivity contribution in [2.75, 3.05) is 0 Å². The number of hydrogen-bond acceptors (Lipinski definition) is 3. The van der Waals surface area contributed by atoms with Gasteiger partial charge in [-0.05, 0) is 48.6 Å². The Morgan fingerprint density at radius 2 is 1.43 bits per heavy atom. The van der Waals surface area contributed by atoms with Crippen molar-refractivity contribution in [3.63, 3.8) is 0 Å². The lowest BCUT2D eigenvalue weighted by atomic mass is 9.81. The number of aliphatic hydroxyl groups is 1. The maximum atomic E-state index is 13.5. The van der Waals surface area contributed by atoms with Crippen molar-refractivity contribution in [2.45, 2.75) is 63.5 Å². The van der Waals surface area contributed by atoms with Crippen LogP contribution in [0.5, 0.6) is 0 Å². The number of benzene rings is 2. The summed E-state index contributed by atoms with van der Waals surface area (Å²) in [7, 11) is 0. The first-order valence-electron chi connectivity index (χ1n) is 11.4. The lowest BCUT2D eigenvalue weighted by molar-refractivity contribution is -0.376. The zero-order valence-electron chi connectivity index (χ0n) is 20.8. The van der Waals surface area contributed by atoms with Crippen LogP contribution in [0.2, 0.25) is 0 Å². The number of fused-ring (bicyclic) bond motifs is 1. The van der Waals surface area contributed by atoms with Crippen LogP contribution >= 0.6 is 0 Å². The number of nitrogens with zero attached hydrogens (tertiary/aromatic N) is 2. The molecule has 0 aliphatic carbocycles. The first-order chi connectivity index (χ1) is 16.9. The molecule has 2 heterocycles. The molecule has 2 aromatic heterocycles. The van der Waals surface area contributed by atoms with Crippen molar-refractivity contribution in [3.05, 3.63) is 89.3 Å². The van der Waals surface area contributed by atoms with E-state index in [9.17, 15) is 31.4 Å². The molecule has 4 aromatic rings. The van der Waals surface area contributed by atoms with E-state index in [1.807, 2.05) is 31.2 Å². The van der Waals surface area contributed by atoms with Gasteiger partial charge < -0.3 is 14.1 Å². The summed E-state index contributed by atoms with van der Waals surface area (Å²) >= 11 is 0. The normalized spacial score (nSPS) is 15.2. The minimum Gasteiger partial charge on any atom is -0.451 e. The standard InChI is InChI=1S/C27H26F6N2O2/c1-16-11-17-12-20(25(36,26(28,29)30)27(31,32)33)9-10-21(17)35(16)24(5,22-14-37-15-34-22)19-8-6-7-18(13-19)23(2,3)4/h6-15,36H,1-5H3. The molecule has 0 aliphatic heterocycles. The molecule has 1 atom stereocenters. The van der Waals surface area contributed by atoms with Gasteiger partial charge in [0.1, 0.15) is 17.5 Å². The van der Waals surface area contributed by atoms with E-state index in [0.717, 1.165) is 23.3 Å². The molecule has 1 unspecified atom stereocenters. The fourth-order valence-corrected chi connectivity index (χ4v) is 4.79. The lowest BCUT2D eigenvalue weighted by Crippen LogP contribution is -2.53. The summed E-state index contributed by atoms with van der Waals surface area (Å²) in [5.41, 5.74) is -4.33. The van der Waals surface area contributed by atoms with Gasteiger partial charge >= 0.3 is 12.4 Å². The van der Waals surface area contributed by atoms with Crippen LogP contribution < -0.4 is 0 Å². The van der Waals surface area contributed by atoms with Crippen molar-refractivity contribution < 1.29 is 35.9 Å². The van der Waals surface area contributed by atoms with E-state index in [1.165, 1.54) is 18.7 Å². The minimum atomic E-state index is -5.97. The predicted octanol–water partition coefficient (Wildman–Crippen LogP) is 7.36. The predicted molar refractivity (Wildman–Crippen MR) is 126 cm³/mol. The first kappa shape index (κ1) is 26.8. The lowest BCUT2D eigenvalue weighted by Gasteiger charge is -2.34. The number of rotatable bonds is 4. The fourth-order valence-electron chi connectivity index (χ4n) is 4.79. The average molecular weight is 525 g/mol. The van der Waals surface area contributed by atoms with Crippen LogP contribution in [0.15, 0.2) is 65.6 Å². The maximum absolute atomic E-state index is 13.5. The van der Waals surface area contributed by atoms with Gasteiger partial charge in [0.15, 0.2) is 6.39 Å². The highest BCUT2D eigenvalue weighted by molar-refractivity contribution is 5.83. The van der Waals surface area contributed by atoms with E-state index in [4.69, 9.17) is 4.42 Å². The van der Waals surface area contributed by atoms with E-state index in [2.05, 4.69) is 25.8 Å². The van der Waals surface area contributed by atoms with Crippen LogP contribution in [0.3, 0.4) is 0 Å². The highest BCUT2D eigenvalue weighted by atomic mass is 19.4. The number of oxazole rings is 1. The summed E-state index contributed by atoms with van der Waals surface area (Å²) in [6, 6.07) is 11.8. The SMILES string of the molecule is Cc1cc2cc(C(O)(C(F)(F)F)C(F)(F)F)ccc2n1C(C)(c1cccc(C(C)(C)C)c1)c1cocn1. The monoisotopic (exact) mass is 524 g/mol. The number of alkyl halides is 6. The van der Waals surface area contributed by atoms with E-state index < -0.39 is 29.1 Å². The van der Waals surface area contributed by atoms with Crippen molar-refractivity contribution in [1.29, 1.82) is 0 Å². The van der Waals surface area contributed by atoms with Crippen LogP contribution in [0.4, 0.5) is 26.3 Å². The van der Waals surface area contributed by atoms with Gasteiger partial charge in [0.05, 0.1) is 0 Å². The molecule has 0 radical (unpaired) electrons. The van der Waals surface area contributed by atoms with Crippen LogP contribution in [0.25, 0.3) is 10.9 Å². The van der Waals surface area contributed by atoms with Gasteiger partial charge in [-0.3, -0.25) is 0 Å². The highest BCUT2D eigenvalue weighted by Crippen LogP contribution is 2.51. The first-order valence-corrected chi connectivity index (χ1v) is 11.4. The molecular weight excluding hydrogens is 498 g/mol. The smallest absolute Gasteiger partial charge is 0.430 e. The fraction of sp³-hybridized carbons (Fsp3) is 0.370. The highest BCUT2D eigenvalue weighted by Gasteiger charge is 2.71. The van der Waals surface area contributed by atoms with Gasteiger partial charge in [-0.2, -0.15) is 26.3 Å². The molecule has 4 rings (SSSR count). The Morgan fingerprint density at radius 1 is 0.811 bits per heavy atom. The quantitative estimate of drug-likeness (QED) is 0.284. The molecule has 0 bridgehead atoms. The third kappa shape index (κ3) is 4.11. The third-order valence-electron chi connectivity index (χ3n) is 6.89. The van der Waals surface area contributed by atoms with Gasteiger partial charge in [-0.1, -0.05) is 51.1 Å². The van der Waals surface area contributed by atoms with E-state index in [-0.39, 0.29) is 10.8 Å². The molecule has 2 aromatic carbocycles. The summed E-state index contributed by atoms with van der Waals surface area (Å²) in [6.45, 7) is 9.72. The molecule has 10 heteroatoms. The van der Waals surface area contributed by atoms with E-state index in [0.29, 0.717) is 23.0 Å². The Labute approximate surface area is 209 Å². The van der Waals surface area contributed by atoms with E-state index in [1.54, 1.807) is 11.5 Å². The second-order valence-electron chi connectivity index (χ2n) is 10.4. The number of aryl methyl sites for hydroxylation is 1. The van der Waals surface area contributed by atoms with Gasteiger partial charge in [-0.15, -0.1) is 0 Å². The van der Waals surface area contributed by atoms with Gasteiger partial charge in [0.2, 0.25) is 0 Å². The summed E-state index contributed by atoms with van der Waals surface area (Å²) < 4.78 is 88.1. The molecule has 0 saturated heterocycles. The number of aromatic nitrogens is 2. The van der Waals surface area contributed by atoms with Gasteiger partial charge in [-0.25, -0.2) is 4.98 Å². The van der Waals surface area contributed by atoms with Crippen LogP contribution in [0, 0.1) is 6.92 Å². The molecule has 0 aliphatic rings. The summed E-state index contributed by atoms with van der Waals surface area (Å²) in [4.78, 5) is 4.36. The van der Waals surface area contributed by atoms with Crippen molar-refractivity contribution in [1.82, 2.24) is 9.55 Å². The van der Waals surface area contributed by atoms with Gasteiger partial charge in [0, 0.05) is 22.2 Å². The van der Waals surface area contributed by atoms with E-state index >= 15 is 0 Å². The molecule has 1 N–H and O–H groups in total. The zero-order chi connectivity index (χ0) is 27.6. The van der Waals surface area contributed by atoms with Crippen molar-refractivity contribution in [2.24, 2.45) is 0 Å². The molecule has 37 heavy (non-hydrogen) atoms. The van der Waals surface area contributed by atoms with Crippen LogP contribution in [-0.4, -0.2) is 27.0 Å². The molecule has 4 nitrogen and oxygen atoms in total. The molecule has 0 amide bonds. The Morgan fingerprint density at radius 3 is 1.97 bits per heavy atom. The van der Waals surface area contributed by atoms with Crippen molar-refractivity contribution in [3.8, 4) is 0 Å². The molecule has 0 fully saturated rings. The number of halogens is 6. The Bertz CT molecular complexity index is 1410. The number of hydrogen-bond donors (Lipinski definition) is 1. The minimum absolute atomic E-state index is 0.101. The molecule has 0 spiro atoms. The molecular formula is C27H26F6N2O2. The Hall–Kier alpha value is -3.27. The largest absolute Gasteiger partial charge is 0.451 e. The van der Waals surface area contributed by atoms with Crippen LogP contribution in [0.1, 0.15) is 55.8 Å². The van der Waals surface area contributed by atoms with Crippen molar-refractivity contribution >= 4 is 10.9 Å². The molecule has 0 saturated carbocycles. The third-order valence-corrected chi connectivity index (χ3v) is 6.89. The second-order valence-corrected chi connectivity index (χ2v) is 10.4. The average Bonchev–Trinajstić information content (AvgIpc) is 3.43. The zero-order valence-corrected chi connectivity index (χ0v) is 20.8. The topological polar surface area (TPSA) is 51.2 Å². The second kappa shape index (κ2) is 8.37. The summed E-state index contributed by atoms with van der Waals surface area (Å²) in [6.07, 6.45) is -9.24. The summed E-state index contributed by atoms with van der Waals surface area (Å²) in [5.74, 6) is 0. The van der Waals surface area contributed by atoms with Gasteiger partial charge in [0.25, 0.3) is 5.60 Å². The Balaban J connectivity index is 2.00. The summed E-state index contributed by atoms with van der Waals surface area (Å²) in [5, 5.41) is 10.0.